The minimum absolute atomic E-state index is 0.0568. The molecule has 0 fully saturated rings. The number of amides is 1. The van der Waals surface area contributed by atoms with Gasteiger partial charge in [-0.15, -0.1) is 0 Å². The Hall–Kier alpha value is -3.95. The van der Waals surface area contributed by atoms with E-state index in [0.29, 0.717) is 11.3 Å². The van der Waals surface area contributed by atoms with Gasteiger partial charge in [0.25, 0.3) is 11.6 Å². The molecule has 0 bridgehead atoms. The van der Waals surface area contributed by atoms with Gasteiger partial charge in [0.05, 0.1) is 18.1 Å². The number of nitro groups is 1. The smallest absolute Gasteiger partial charge is 0.344 e. The molecule has 29 heavy (non-hydrogen) atoms. The first-order chi connectivity index (χ1) is 13.8. The van der Waals surface area contributed by atoms with Crippen LogP contribution in [-0.2, 0) is 14.3 Å². The molecule has 0 saturated carbocycles. The first kappa shape index (κ1) is 21.4. The summed E-state index contributed by atoms with van der Waals surface area (Å²) >= 11 is 0. The number of nitro benzene ring substituents is 1. The molecule has 152 valence electrons. The van der Waals surface area contributed by atoms with Crippen LogP contribution in [0.4, 0.5) is 11.4 Å². The number of ether oxygens (including phenoxy) is 3. The van der Waals surface area contributed by atoms with Gasteiger partial charge in [0, 0.05) is 5.56 Å². The molecular formula is C19H18N2O8. The van der Waals surface area contributed by atoms with Gasteiger partial charge in [0.1, 0.15) is 17.2 Å². The lowest BCUT2D eigenvalue weighted by Gasteiger charge is -2.09. The van der Waals surface area contributed by atoms with E-state index in [1.807, 2.05) is 0 Å². The maximum atomic E-state index is 11.9. The van der Waals surface area contributed by atoms with Crippen LogP contribution in [0.1, 0.15) is 17.3 Å². The van der Waals surface area contributed by atoms with Crippen molar-refractivity contribution < 1.29 is 33.5 Å². The van der Waals surface area contributed by atoms with Crippen LogP contribution in [0.25, 0.3) is 0 Å². The highest BCUT2D eigenvalue weighted by Gasteiger charge is 2.18. The summed E-state index contributed by atoms with van der Waals surface area (Å²) in [7, 11) is 1.36. The lowest BCUT2D eigenvalue weighted by Crippen LogP contribution is -2.24. The Bertz CT molecular complexity index is 924. The highest BCUT2D eigenvalue weighted by Crippen LogP contribution is 2.28. The van der Waals surface area contributed by atoms with E-state index >= 15 is 0 Å². The van der Waals surface area contributed by atoms with Crippen LogP contribution in [0, 0.1) is 10.1 Å². The molecule has 1 N–H and O–H groups in total. The molecule has 0 heterocycles. The van der Waals surface area contributed by atoms with Crippen molar-refractivity contribution in [3.63, 3.8) is 0 Å². The van der Waals surface area contributed by atoms with Crippen molar-refractivity contribution in [3.8, 4) is 11.5 Å². The molecule has 0 aromatic heterocycles. The standard InChI is InChI=1S/C19H18N2O8/c1-12(22)13-3-5-14(6-4-13)28-11-19(24)29-10-18(23)20-16-8-7-15(27-2)9-17(16)21(25)26/h3-9H,10-11H2,1-2H3,(H,20,23). The molecular weight excluding hydrogens is 384 g/mol. The van der Waals surface area contributed by atoms with Crippen molar-refractivity contribution in [2.45, 2.75) is 6.92 Å². The molecule has 0 atom stereocenters. The summed E-state index contributed by atoms with van der Waals surface area (Å²) in [5.41, 5.74) is 0.0873. The van der Waals surface area contributed by atoms with Crippen LogP contribution in [0.3, 0.4) is 0 Å². The fraction of sp³-hybridized carbons (Fsp3) is 0.211. The van der Waals surface area contributed by atoms with Gasteiger partial charge >= 0.3 is 5.97 Å². The van der Waals surface area contributed by atoms with Crippen molar-refractivity contribution in [2.24, 2.45) is 0 Å². The second-order valence-electron chi connectivity index (χ2n) is 5.72. The first-order valence-electron chi connectivity index (χ1n) is 8.32. The number of benzene rings is 2. The third-order valence-electron chi connectivity index (χ3n) is 3.66. The molecule has 0 spiro atoms. The van der Waals surface area contributed by atoms with Gasteiger partial charge in [-0.25, -0.2) is 4.79 Å². The average Bonchev–Trinajstić information content (AvgIpc) is 2.71. The van der Waals surface area contributed by atoms with Gasteiger partial charge in [0.2, 0.25) is 0 Å². The Balaban J connectivity index is 1.83. The zero-order chi connectivity index (χ0) is 21.4. The molecule has 0 aliphatic heterocycles. The van der Waals surface area contributed by atoms with E-state index in [4.69, 9.17) is 14.2 Å². The van der Waals surface area contributed by atoms with Crippen LogP contribution < -0.4 is 14.8 Å². The van der Waals surface area contributed by atoms with E-state index < -0.39 is 30.0 Å². The number of nitrogens with one attached hydrogen (secondary N) is 1. The SMILES string of the molecule is COc1ccc(NC(=O)COC(=O)COc2ccc(C(C)=O)cc2)c([N+](=O)[O-])c1. The van der Waals surface area contributed by atoms with Crippen LogP contribution in [-0.4, -0.2) is 42.9 Å². The van der Waals surface area contributed by atoms with E-state index in [1.165, 1.54) is 38.3 Å². The first-order valence-corrected chi connectivity index (χ1v) is 8.32. The summed E-state index contributed by atoms with van der Waals surface area (Å²) < 4.78 is 14.9. The van der Waals surface area contributed by atoms with Gasteiger partial charge in [-0.1, -0.05) is 0 Å². The molecule has 10 heteroatoms. The largest absolute Gasteiger partial charge is 0.496 e. The Morgan fingerprint density at radius 3 is 2.28 bits per heavy atom. The van der Waals surface area contributed by atoms with Gasteiger partial charge < -0.3 is 19.5 Å². The Labute approximate surface area is 165 Å². The van der Waals surface area contributed by atoms with Crippen molar-refractivity contribution in [1.82, 2.24) is 0 Å². The number of hydrogen-bond acceptors (Lipinski definition) is 8. The summed E-state index contributed by atoms with van der Waals surface area (Å²) in [4.78, 5) is 45.2. The second-order valence-corrected chi connectivity index (χ2v) is 5.72. The minimum atomic E-state index is -0.806. The molecule has 2 aromatic carbocycles. The summed E-state index contributed by atoms with van der Waals surface area (Å²) in [6, 6.07) is 10.1. The predicted octanol–water partition coefficient (Wildman–Crippen LogP) is 2.37. The van der Waals surface area contributed by atoms with Crippen molar-refractivity contribution >= 4 is 29.0 Å². The van der Waals surface area contributed by atoms with E-state index in [2.05, 4.69) is 5.32 Å². The lowest BCUT2D eigenvalue weighted by molar-refractivity contribution is -0.384. The number of anilines is 1. The van der Waals surface area contributed by atoms with Crippen LogP contribution in [0.2, 0.25) is 0 Å². The maximum Gasteiger partial charge on any atom is 0.344 e. The monoisotopic (exact) mass is 402 g/mol. The van der Waals surface area contributed by atoms with E-state index in [1.54, 1.807) is 12.1 Å². The van der Waals surface area contributed by atoms with E-state index in [9.17, 15) is 24.5 Å². The third kappa shape index (κ3) is 6.31. The Morgan fingerprint density at radius 1 is 1.03 bits per heavy atom. The Morgan fingerprint density at radius 2 is 1.69 bits per heavy atom. The van der Waals surface area contributed by atoms with Gasteiger partial charge in [-0.2, -0.15) is 0 Å². The molecule has 2 aromatic rings. The molecule has 10 nitrogen and oxygen atoms in total. The van der Waals surface area contributed by atoms with E-state index in [0.717, 1.165) is 6.07 Å². The normalized spacial score (nSPS) is 10.0. The van der Waals surface area contributed by atoms with Gasteiger partial charge in [0.15, 0.2) is 19.0 Å². The lowest BCUT2D eigenvalue weighted by atomic mass is 10.1. The van der Waals surface area contributed by atoms with Crippen LogP contribution in [0.15, 0.2) is 42.5 Å². The highest BCUT2D eigenvalue weighted by atomic mass is 16.6. The predicted molar refractivity (Wildman–Crippen MR) is 101 cm³/mol. The fourth-order valence-electron chi connectivity index (χ4n) is 2.20. The fourth-order valence-corrected chi connectivity index (χ4v) is 2.20. The number of carbonyl (C=O) groups excluding carboxylic acids is 3. The molecule has 0 unspecified atom stereocenters. The molecule has 0 aliphatic rings. The maximum absolute atomic E-state index is 11.9. The molecule has 0 aliphatic carbocycles. The summed E-state index contributed by atoms with van der Waals surface area (Å²) in [6.07, 6.45) is 0. The summed E-state index contributed by atoms with van der Waals surface area (Å²) in [5, 5.41) is 13.4. The van der Waals surface area contributed by atoms with Crippen molar-refractivity contribution in [1.29, 1.82) is 0 Å². The zero-order valence-electron chi connectivity index (χ0n) is 15.7. The van der Waals surface area contributed by atoms with Crippen LogP contribution >= 0.6 is 0 Å². The zero-order valence-corrected chi connectivity index (χ0v) is 15.7. The average molecular weight is 402 g/mol. The number of esters is 1. The van der Waals surface area contributed by atoms with Crippen molar-refractivity contribution in [3.05, 3.63) is 58.1 Å². The Kier molecular flexibility index (Phi) is 7.24. The highest BCUT2D eigenvalue weighted by molar-refractivity contribution is 5.95. The third-order valence-corrected chi connectivity index (χ3v) is 3.66. The number of Topliss-reactive ketones (excluding diaryl/α,β-unsaturated/α-hetero) is 1. The number of hydrogen-bond donors (Lipinski definition) is 1. The van der Waals surface area contributed by atoms with Gasteiger partial charge in [-0.05, 0) is 43.3 Å². The number of nitrogens with zero attached hydrogens (tertiary/aromatic N) is 1. The number of methoxy groups -OCH3 is 1. The molecule has 1 amide bonds. The molecule has 0 radical (unpaired) electrons. The van der Waals surface area contributed by atoms with Crippen LogP contribution in [0.5, 0.6) is 11.5 Å². The van der Waals surface area contributed by atoms with E-state index in [-0.39, 0.29) is 22.9 Å². The molecule has 0 saturated heterocycles. The number of ketones is 1. The summed E-state index contributed by atoms with van der Waals surface area (Å²) in [5.74, 6) is -1.05. The van der Waals surface area contributed by atoms with Crippen molar-refractivity contribution in [2.75, 3.05) is 25.6 Å². The minimum Gasteiger partial charge on any atom is -0.496 e. The quantitative estimate of drug-likeness (QED) is 0.292. The van der Waals surface area contributed by atoms with Gasteiger partial charge in [-0.3, -0.25) is 19.7 Å². The number of rotatable bonds is 9. The molecule has 2 rings (SSSR count). The number of carbonyl (C=O) groups is 3. The topological polar surface area (TPSA) is 134 Å². The summed E-state index contributed by atoms with van der Waals surface area (Å²) in [6.45, 7) is 0.336. The second kappa shape index (κ2) is 9.83.